The van der Waals surface area contributed by atoms with Crippen LogP contribution in [0, 0.1) is 13.8 Å². The van der Waals surface area contributed by atoms with Crippen molar-refractivity contribution < 1.29 is 0 Å². The molecule has 0 saturated carbocycles. The van der Waals surface area contributed by atoms with Gasteiger partial charge in [-0.3, -0.25) is 4.68 Å². The fourth-order valence-electron chi connectivity index (χ4n) is 2.27. The molecule has 0 amide bonds. The Labute approximate surface area is 113 Å². The number of hydrogen-bond donors (Lipinski definition) is 1. The lowest BCUT2D eigenvalue weighted by atomic mass is 10.1. The lowest BCUT2D eigenvalue weighted by molar-refractivity contribution is 0.544. The highest BCUT2D eigenvalue weighted by atomic mass is 32.1. The highest BCUT2D eigenvalue weighted by Gasteiger charge is 2.20. The molecule has 0 bridgehead atoms. The van der Waals surface area contributed by atoms with Crippen LogP contribution < -0.4 is 5.32 Å². The molecule has 4 heteroatoms. The van der Waals surface area contributed by atoms with E-state index in [-0.39, 0.29) is 6.04 Å². The summed E-state index contributed by atoms with van der Waals surface area (Å²) in [5, 5.41) is 10.3. The van der Waals surface area contributed by atoms with E-state index in [1.807, 2.05) is 11.3 Å². The molecule has 3 nitrogen and oxygen atoms in total. The SMILES string of the molecule is CCNC(c1sccc1C)c1cc(C)nn1CC. The minimum absolute atomic E-state index is 0.260. The number of aryl methyl sites for hydroxylation is 3. The van der Waals surface area contributed by atoms with Crippen LogP contribution in [0.1, 0.15) is 41.7 Å². The van der Waals surface area contributed by atoms with Gasteiger partial charge in [0.1, 0.15) is 0 Å². The van der Waals surface area contributed by atoms with Crippen LogP contribution in [0.3, 0.4) is 0 Å². The first-order valence-corrected chi connectivity index (χ1v) is 7.37. The lowest BCUT2D eigenvalue weighted by Crippen LogP contribution is -2.24. The third-order valence-corrected chi connectivity index (χ3v) is 4.18. The molecule has 0 aliphatic heterocycles. The molecule has 2 aromatic rings. The molecule has 2 heterocycles. The largest absolute Gasteiger partial charge is 0.305 e. The van der Waals surface area contributed by atoms with Gasteiger partial charge in [-0.15, -0.1) is 11.3 Å². The Balaban J connectivity index is 2.44. The van der Waals surface area contributed by atoms with E-state index < -0.39 is 0 Å². The molecular weight excluding hydrogens is 242 g/mol. The average Bonchev–Trinajstić information content (AvgIpc) is 2.92. The Morgan fingerprint density at radius 3 is 2.72 bits per heavy atom. The van der Waals surface area contributed by atoms with Gasteiger partial charge in [0.25, 0.3) is 0 Å². The summed E-state index contributed by atoms with van der Waals surface area (Å²) in [5.41, 5.74) is 3.71. The molecule has 0 radical (unpaired) electrons. The Bertz CT molecular complexity index is 513. The van der Waals surface area contributed by atoms with Crippen molar-refractivity contribution in [3.63, 3.8) is 0 Å². The van der Waals surface area contributed by atoms with Gasteiger partial charge in [0.2, 0.25) is 0 Å². The number of rotatable bonds is 5. The smallest absolute Gasteiger partial charge is 0.0844 e. The zero-order chi connectivity index (χ0) is 13.1. The number of aromatic nitrogens is 2. The Morgan fingerprint density at radius 2 is 2.17 bits per heavy atom. The Hall–Kier alpha value is -1.13. The first-order valence-electron chi connectivity index (χ1n) is 6.49. The highest BCUT2D eigenvalue weighted by Crippen LogP contribution is 2.29. The van der Waals surface area contributed by atoms with E-state index >= 15 is 0 Å². The van der Waals surface area contributed by atoms with Crippen LogP contribution in [0.4, 0.5) is 0 Å². The van der Waals surface area contributed by atoms with Gasteiger partial charge in [-0.05, 0) is 50.4 Å². The molecule has 0 saturated heterocycles. The Morgan fingerprint density at radius 1 is 1.39 bits per heavy atom. The minimum Gasteiger partial charge on any atom is -0.305 e. The van der Waals surface area contributed by atoms with E-state index in [4.69, 9.17) is 0 Å². The summed E-state index contributed by atoms with van der Waals surface area (Å²) in [6.07, 6.45) is 0. The van der Waals surface area contributed by atoms with Gasteiger partial charge in [-0.25, -0.2) is 0 Å². The fraction of sp³-hybridized carbons (Fsp3) is 0.500. The van der Waals surface area contributed by atoms with Crippen molar-refractivity contribution in [2.75, 3.05) is 6.54 Å². The highest BCUT2D eigenvalue weighted by molar-refractivity contribution is 7.10. The summed E-state index contributed by atoms with van der Waals surface area (Å²) < 4.78 is 2.10. The van der Waals surface area contributed by atoms with Gasteiger partial charge in [0, 0.05) is 11.4 Å². The van der Waals surface area contributed by atoms with Crippen LogP contribution in [0.5, 0.6) is 0 Å². The molecule has 0 fully saturated rings. The predicted octanol–water partition coefficient (Wildman–Crippen LogP) is 3.28. The van der Waals surface area contributed by atoms with Crippen molar-refractivity contribution in [2.45, 2.75) is 40.3 Å². The number of nitrogens with zero attached hydrogens (tertiary/aromatic N) is 2. The maximum absolute atomic E-state index is 4.55. The van der Waals surface area contributed by atoms with Gasteiger partial charge in [-0.1, -0.05) is 6.92 Å². The van der Waals surface area contributed by atoms with E-state index in [9.17, 15) is 0 Å². The molecular formula is C14H21N3S. The van der Waals surface area contributed by atoms with Crippen molar-refractivity contribution in [1.82, 2.24) is 15.1 Å². The molecule has 2 rings (SSSR count). The summed E-state index contributed by atoms with van der Waals surface area (Å²) in [7, 11) is 0. The number of thiophene rings is 1. The van der Waals surface area contributed by atoms with Crippen LogP contribution in [0.2, 0.25) is 0 Å². The number of hydrogen-bond acceptors (Lipinski definition) is 3. The third kappa shape index (κ3) is 2.49. The van der Waals surface area contributed by atoms with Gasteiger partial charge < -0.3 is 5.32 Å². The monoisotopic (exact) mass is 263 g/mol. The summed E-state index contributed by atoms with van der Waals surface area (Å²) in [4.78, 5) is 1.39. The topological polar surface area (TPSA) is 29.9 Å². The second-order valence-corrected chi connectivity index (χ2v) is 5.43. The van der Waals surface area contributed by atoms with Crippen molar-refractivity contribution in [3.8, 4) is 0 Å². The average molecular weight is 263 g/mol. The zero-order valence-electron chi connectivity index (χ0n) is 11.5. The third-order valence-electron chi connectivity index (χ3n) is 3.10. The van der Waals surface area contributed by atoms with Crippen LogP contribution in [-0.4, -0.2) is 16.3 Å². The van der Waals surface area contributed by atoms with Crippen molar-refractivity contribution in [3.05, 3.63) is 39.3 Å². The summed E-state index contributed by atoms with van der Waals surface area (Å²) in [5.74, 6) is 0. The van der Waals surface area contributed by atoms with E-state index in [1.54, 1.807) is 0 Å². The maximum atomic E-state index is 4.55. The summed E-state index contributed by atoms with van der Waals surface area (Å²) in [6.45, 7) is 10.4. The lowest BCUT2D eigenvalue weighted by Gasteiger charge is -2.18. The van der Waals surface area contributed by atoms with E-state index in [0.717, 1.165) is 18.8 Å². The first-order chi connectivity index (χ1) is 8.67. The van der Waals surface area contributed by atoms with Gasteiger partial charge in [-0.2, -0.15) is 5.10 Å². The second kappa shape index (κ2) is 5.67. The van der Waals surface area contributed by atoms with E-state index in [2.05, 4.69) is 60.3 Å². The van der Waals surface area contributed by atoms with Gasteiger partial charge in [0.15, 0.2) is 0 Å². The normalized spacial score (nSPS) is 12.9. The molecule has 1 N–H and O–H groups in total. The van der Waals surface area contributed by atoms with Crippen LogP contribution >= 0.6 is 11.3 Å². The molecule has 2 aromatic heterocycles. The molecule has 0 aliphatic carbocycles. The van der Waals surface area contributed by atoms with Crippen LogP contribution in [0.15, 0.2) is 17.5 Å². The van der Waals surface area contributed by atoms with E-state index in [0.29, 0.717) is 0 Å². The Kier molecular flexibility index (Phi) is 4.19. The van der Waals surface area contributed by atoms with Crippen molar-refractivity contribution in [1.29, 1.82) is 0 Å². The van der Waals surface area contributed by atoms with Crippen molar-refractivity contribution >= 4 is 11.3 Å². The molecule has 18 heavy (non-hydrogen) atoms. The second-order valence-electron chi connectivity index (χ2n) is 4.48. The van der Waals surface area contributed by atoms with Gasteiger partial charge in [0.05, 0.1) is 17.4 Å². The molecule has 0 aliphatic rings. The number of nitrogens with one attached hydrogen (secondary N) is 1. The standard InChI is InChI=1S/C14H21N3S/c1-5-15-13(14-10(3)7-8-18-14)12-9-11(4)16-17(12)6-2/h7-9,13,15H,5-6H2,1-4H3. The summed E-state index contributed by atoms with van der Waals surface area (Å²) in [6, 6.07) is 4.64. The van der Waals surface area contributed by atoms with Crippen molar-refractivity contribution in [2.24, 2.45) is 0 Å². The fourth-order valence-corrected chi connectivity index (χ4v) is 3.28. The first kappa shape index (κ1) is 13.3. The molecule has 0 spiro atoms. The quantitative estimate of drug-likeness (QED) is 0.897. The van der Waals surface area contributed by atoms with E-state index in [1.165, 1.54) is 16.1 Å². The van der Waals surface area contributed by atoms with Crippen LogP contribution in [-0.2, 0) is 6.54 Å². The molecule has 98 valence electrons. The van der Waals surface area contributed by atoms with Crippen LogP contribution in [0.25, 0.3) is 0 Å². The predicted molar refractivity (Wildman–Crippen MR) is 77.2 cm³/mol. The molecule has 1 atom stereocenters. The summed E-state index contributed by atoms with van der Waals surface area (Å²) >= 11 is 1.82. The molecule has 0 aromatic carbocycles. The minimum atomic E-state index is 0.260. The zero-order valence-corrected chi connectivity index (χ0v) is 12.3. The van der Waals surface area contributed by atoms with Gasteiger partial charge >= 0.3 is 0 Å². The maximum Gasteiger partial charge on any atom is 0.0844 e. The molecule has 1 unspecified atom stereocenters.